The number of aliphatic hydroxyl groups excluding tert-OH is 1. The van der Waals surface area contributed by atoms with E-state index in [0.717, 1.165) is 6.54 Å². The van der Waals surface area contributed by atoms with Crippen molar-refractivity contribution in [1.82, 2.24) is 10.6 Å². The van der Waals surface area contributed by atoms with E-state index < -0.39 is 12.1 Å². The molecule has 1 aliphatic heterocycles. The number of amides is 1. The molecule has 0 aromatic carbocycles. The van der Waals surface area contributed by atoms with Crippen molar-refractivity contribution in [3.63, 3.8) is 0 Å². The van der Waals surface area contributed by atoms with Gasteiger partial charge in [-0.2, -0.15) is 0 Å². The summed E-state index contributed by atoms with van der Waals surface area (Å²) in [6.07, 6.45) is -1.12. The molecule has 4 N–H and O–H groups in total. The normalized spacial score (nSPS) is 21.8. The summed E-state index contributed by atoms with van der Waals surface area (Å²) in [5.41, 5.74) is 0. The molecule has 1 saturated heterocycles. The molecule has 0 saturated carbocycles. The number of hydrogen-bond acceptors (Lipinski definition) is 5. The van der Waals surface area contributed by atoms with Crippen LogP contribution in [0.25, 0.3) is 0 Å². The zero-order valence-electron chi connectivity index (χ0n) is 9.52. The molecule has 1 heterocycles. The van der Waals surface area contributed by atoms with Crippen molar-refractivity contribution in [2.24, 2.45) is 0 Å². The molecular weight excluding hydrogens is 228 g/mol. The van der Waals surface area contributed by atoms with Crippen LogP contribution in [0.4, 0.5) is 0 Å². The number of aliphatic carboxylic acids is 1. The molecule has 7 nitrogen and oxygen atoms in total. The highest BCUT2D eigenvalue weighted by molar-refractivity contribution is 5.76. The van der Waals surface area contributed by atoms with Gasteiger partial charge in [-0.15, -0.1) is 0 Å². The largest absolute Gasteiger partial charge is 0.479 e. The number of rotatable bonds is 6. The zero-order valence-corrected chi connectivity index (χ0v) is 9.52. The van der Waals surface area contributed by atoms with Crippen molar-refractivity contribution in [1.29, 1.82) is 0 Å². The van der Waals surface area contributed by atoms with E-state index >= 15 is 0 Å². The highest BCUT2D eigenvalue weighted by atomic mass is 16.5. The van der Waals surface area contributed by atoms with Gasteiger partial charge in [-0.3, -0.25) is 4.79 Å². The molecule has 0 aliphatic carbocycles. The summed E-state index contributed by atoms with van der Waals surface area (Å²) in [5, 5.41) is 23.1. The van der Waals surface area contributed by atoms with Crippen molar-refractivity contribution in [2.75, 3.05) is 26.3 Å². The molecule has 0 radical (unpaired) electrons. The molecule has 17 heavy (non-hydrogen) atoms. The van der Waals surface area contributed by atoms with E-state index in [9.17, 15) is 9.59 Å². The first kappa shape index (κ1) is 13.9. The summed E-state index contributed by atoms with van der Waals surface area (Å²) in [4.78, 5) is 21.7. The summed E-state index contributed by atoms with van der Waals surface area (Å²) in [6.45, 7) is 2.05. The molecular formula is C10H18N2O5. The maximum absolute atomic E-state index is 11.4. The molecule has 0 aromatic heterocycles. The lowest BCUT2D eigenvalue weighted by molar-refractivity contribution is -0.147. The SMILES string of the molecule is O=C(CC1COCCN1)NCC[C@H](O)C(=O)O. The van der Waals surface area contributed by atoms with Gasteiger partial charge in [0.25, 0.3) is 0 Å². The van der Waals surface area contributed by atoms with Gasteiger partial charge in [0.1, 0.15) is 0 Å². The molecule has 1 rings (SSSR count). The quantitative estimate of drug-likeness (QED) is 0.446. The molecule has 0 bridgehead atoms. The summed E-state index contributed by atoms with van der Waals surface area (Å²) in [5.74, 6) is -1.45. The van der Waals surface area contributed by atoms with E-state index in [2.05, 4.69) is 10.6 Å². The number of hydrogen-bond donors (Lipinski definition) is 4. The number of ether oxygens (including phenoxy) is 1. The maximum atomic E-state index is 11.4. The van der Waals surface area contributed by atoms with Crippen LogP contribution in [0.15, 0.2) is 0 Å². The molecule has 98 valence electrons. The van der Waals surface area contributed by atoms with Gasteiger partial charge >= 0.3 is 5.97 Å². The fourth-order valence-corrected chi connectivity index (χ4v) is 1.52. The highest BCUT2D eigenvalue weighted by Crippen LogP contribution is 1.98. The lowest BCUT2D eigenvalue weighted by atomic mass is 10.2. The lowest BCUT2D eigenvalue weighted by Gasteiger charge is -2.23. The average Bonchev–Trinajstić information content (AvgIpc) is 2.30. The molecule has 7 heteroatoms. The first-order valence-electron chi connectivity index (χ1n) is 5.58. The van der Waals surface area contributed by atoms with Crippen LogP contribution in [0, 0.1) is 0 Å². The zero-order chi connectivity index (χ0) is 12.7. The standard InChI is InChI=1S/C10H18N2O5/c13-8(10(15)16)1-2-12-9(14)5-7-6-17-4-3-11-7/h7-8,11,13H,1-6H2,(H,12,14)(H,15,16)/t7?,8-/m0/s1. The van der Waals surface area contributed by atoms with Crippen molar-refractivity contribution >= 4 is 11.9 Å². The minimum absolute atomic E-state index is 0.00754. The lowest BCUT2D eigenvalue weighted by Crippen LogP contribution is -2.44. The highest BCUT2D eigenvalue weighted by Gasteiger charge is 2.17. The minimum atomic E-state index is -1.42. The first-order valence-corrected chi connectivity index (χ1v) is 5.58. The van der Waals surface area contributed by atoms with Crippen molar-refractivity contribution in [3.8, 4) is 0 Å². The van der Waals surface area contributed by atoms with Crippen LogP contribution in [0.3, 0.4) is 0 Å². The van der Waals surface area contributed by atoms with Gasteiger partial charge in [-0.25, -0.2) is 4.79 Å². The predicted octanol–water partition coefficient (Wildman–Crippen LogP) is -1.68. The Labute approximate surface area is 99.1 Å². The Bertz CT molecular complexity index is 265. The number of carbonyl (C=O) groups excluding carboxylic acids is 1. The van der Waals surface area contributed by atoms with Crippen LogP contribution in [-0.4, -0.2) is 60.5 Å². The number of carboxylic acid groups (broad SMARTS) is 1. The van der Waals surface area contributed by atoms with Crippen LogP contribution in [-0.2, 0) is 14.3 Å². The summed E-state index contributed by atoms with van der Waals surface area (Å²) in [7, 11) is 0. The summed E-state index contributed by atoms with van der Waals surface area (Å²) >= 11 is 0. The smallest absolute Gasteiger partial charge is 0.332 e. The molecule has 1 fully saturated rings. The second-order valence-electron chi connectivity index (χ2n) is 3.92. The number of nitrogens with one attached hydrogen (secondary N) is 2. The molecule has 2 atom stereocenters. The Morgan fingerprint density at radius 1 is 1.53 bits per heavy atom. The fourth-order valence-electron chi connectivity index (χ4n) is 1.52. The number of aliphatic hydroxyl groups is 1. The Kier molecular flexibility index (Phi) is 5.88. The molecule has 1 aliphatic rings. The number of morpholine rings is 1. The summed E-state index contributed by atoms with van der Waals surface area (Å²) < 4.78 is 5.20. The molecule has 1 unspecified atom stereocenters. The maximum Gasteiger partial charge on any atom is 0.332 e. The van der Waals surface area contributed by atoms with Gasteiger partial charge in [0.05, 0.1) is 13.2 Å². The third-order valence-corrected chi connectivity index (χ3v) is 2.46. The first-order chi connectivity index (χ1) is 8.09. The van der Waals surface area contributed by atoms with E-state index in [1.807, 2.05) is 0 Å². The fraction of sp³-hybridized carbons (Fsp3) is 0.800. The van der Waals surface area contributed by atoms with Gasteiger partial charge in [0.15, 0.2) is 6.10 Å². The number of carbonyl (C=O) groups is 2. The van der Waals surface area contributed by atoms with Crippen LogP contribution < -0.4 is 10.6 Å². The van der Waals surface area contributed by atoms with E-state index in [-0.39, 0.29) is 24.9 Å². The average molecular weight is 246 g/mol. The van der Waals surface area contributed by atoms with Crippen molar-refractivity contribution in [2.45, 2.75) is 25.0 Å². The molecule has 1 amide bonds. The van der Waals surface area contributed by atoms with Crippen LogP contribution in [0.1, 0.15) is 12.8 Å². The monoisotopic (exact) mass is 246 g/mol. The van der Waals surface area contributed by atoms with E-state index in [1.54, 1.807) is 0 Å². The number of carboxylic acids is 1. The third-order valence-electron chi connectivity index (χ3n) is 2.46. The Hall–Kier alpha value is -1.18. The van der Waals surface area contributed by atoms with Gasteiger partial charge in [-0.1, -0.05) is 0 Å². The third kappa shape index (κ3) is 5.62. The Morgan fingerprint density at radius 2 is 2.29 bits per heavy atom. The van der Waals surface area contributed by atoms with Crippen molar-refractivity contribution in [3.05, 3.63) is 0 Å². The van der Waals surface area contributed by atoms with Crippen molar-refractivity contribution < 1.29 is 24.5 Å². The van der Waals surface area contributed by atoms with Gasteiger partial charge < -0.3 is 25.6 Å². The second-order valence-corrected chi connectivity index (χ2v) is 3.92. The Morgan fingerprint density at radius 3 is 2.88 bits per heavy atom. The van der Waals surface area contributed by atoms with Gasteiger partial charge in [-0.05, 0) is 0 Å². The van der Waals surface area contributed by atoms with Crippen LogP contribution >= 0.6 is 0 Å². The van der Waals surface area contributed by atoms with E-state index in [4.69, 9.17) is 14.9 Å². The summed E-state index contributed by atoms with van der Waals surface area (Å²) in [6, 6.07) is 0.00754. The predicted molar refractivity (Wildman–Crippen MR) is 58.5 cm³/mol. The molecule has 0 spiro atoms. The van der Waals surface area contributed by atoms with Gasteiger partial charge in [0, 0.05) is 32.0 Å². The topological polar surface area (TPSA) is 108 Å². The van der Waals surface area contributed by atoms with Gasteiger partial charge in [0.2, 0.25) is 5.91 Å². The second kappa shape index (κ2) is 7.21. The van der Waals surface area contributed by atoms with Crippen LogP contribution in [0.5, 0.6) is 0 Å². The Balaban J connectivity index is 2.10. The van der Waals surface area contributed by atoms with Crippen LogP contribution in [0.2, 0.25) is 0 Å². The minimum Gasteiger partial charge on any atom is -0.479 e. The van der Waals surface area contributed by atoms with E-state index in [0.29, 0.717) is 19.6 Å². The molecule has 0 aromatic rings. The van der Waals surface area contributed by atoms with E-state index in [1.165, 1.54) is 0 Å².